The van der Waals surface area contributed by atoms with Crippen LogP contribution in [0.2, 0.25) is 5.02 Å². The molecule has 0 saturated carbocycles. The SMILES string of the molecule is Cc1ccc(NCc2ccc(Cl)c(Br)c2)cn1. The van der Waals surface area contributed by atoms with E-state index < -0.39 is 0 Å². The zero-order chi connectivity index (χ0) is 12.3. The molecule has 0 spiro atoms. The summed E-state index contributed by atoms with van der Waals surface area (Å²) in [5.74, 6) is 0. The van der Waals surface area contributed by atoms with Gasteiger partial charge in [-0.15, -0.1) is 0 Å². The van der Waals surface area contributed by atoms with Gasteiger partial charge < -0.3 is 5.32 Å². The molecule has 0 amide bonds. The molecular weight excluding hydrogens is 300 g/mol. The third kappa shape index (κ3) is 3.45. The molecule has 2 nitrogen and oxygen atoms in total. The Morgan fingerprint density at radius 2 is 2.12 bits per heavy atom. The fraction of sp³-hybridized carbons (Fsp3) is 0.154. The maximum absolute atomic E-state index is 5.94. The highest BCUT2D eigenvalue weighted by atomic mass is 79.9. The summed E-state index contributed by atoms with van der Waals surface area (Å²) in [5.41, 5.74) is 3.20. The van der Waals surface area contributed by atoms with Gasteiger partial charge in [-0.3, -0.25) is 4.98 Å². The maximum Gasteiger partial charge on any atom is 0.0548 e. The van der Waals surface area contributed by atoms with Crippen LogP contribution in [0.3, 0.4) is 0 Å². The van der Waals surface area contributed by atoms with Crippen molar-refractivity contribution >= 4 is 33.2 Å². The zero-order valence-electron chi connectivity index (χ0n) is 9.37. The molecule has 0 atom stereocenters. The van der Waals surface area contributed by atoms with E-state index in [0.29, 0.717) is 0 Å². The van der Waals surface area contributed by atoms with E-state index in [1.54, 1.807) is 0 Å². The Morgan fingerprint density at radius 3 is 2.76 bits per heavy atom. The Hall–Kier alpha value is -1.06. The minimum atomic E-state index is 0.728. The highest BCUT2D eigenvalue weighted by Crippen LogP contribution is 2.23. The van der Waals surface area contributed by atoms with Crippen LogP contribution in [-0.4, -0.2) is 4.98 Å². The second-order valence-electron chi connectivity index (χ2n) is 3.79. The molecule has 0 unspecified atom stereocenters. The van der Waals surface area contributed by atoms with Gasteiger partial charge >= 0.3 is 0 Å². The number of hydrogen-bond acceptors (Lipinski definition) is 2. The highest BCUT2D eigenvalue weighted by molar-refractivity contribution is 9.10. The first-order valence-electron chi connectivity index (χ1n) is 5.25. The van der Waals surface area contributed by atoms with Crippen LogP contribution in [-0.2, 0) is 6.54 Å². The predicted octanol–water partition coefficient (Wildman–Crippen LogP) is 4.42. The molecule has 0 saturated heterocycles. The molecule has 1 aromatic heterocycles. The van der Waals surface area contributed by atoms with E-state index in [1.807, 2.05) is 43.5 Å². The van der Waals surface area contributed by atoms with E-state index in [2.05, 4.69) is 26.2 Å². The average Bonchev–Trinajstić information content (AvgIpc) is 2.33. The molecule has 2 aromatic rings. The smallest absolute Gasteiger partial charge is 0.0548 e. The third-order valence-corrected chi connectivity index (χ3v) is 3.61. The van der Waals surface area contributed by atoms with Gasteiger partial charge in [0.2, 0.25) is 0 Å². The van der Waals surface area contributed by atoms with E-state index in [9.17, 15) is 0 Å². The van der Waals surface area contributed by atoms with E-state index in [1.165, 1.54) is 5.56 Å². The van der Waals surface area contributed by atoms with E-state index in [-0.39, 0.29) is 0 Å². The van der Waals surface area contributed by atoms with Crippen molar-refractivity contribution in [1.82, 2.24) is 4.98 Å². The zero-order valence-corrected chi connectivity index (χ0v) is 11.7. The maximum atomic E-state index is 5.94. The normalized spacial score (nSPS) is 10.3. The lowest BCUT2D eigenvalue weighted by atomic mass is 10.2. The summed E-state index contributed by atoms with van der Waals surface area (Å²) in [5, 5.41) is 4.04. The molecule has 88 valence electrons. The summed E-state index contributed by atoms with van der Waals surface area (Å²) in [6.07, 6.45) is 1.83. The summed E-state index contributed by atoms with van der Waals surface area (Å²) < 4.78 is 0.917. The van der Waals surface area contributed by atoms with Crippen LogP contribution < -0.4 is 5.32 Å². The molecule has 0 bridgehead atoms. The Labute approximate surface area is 114 Å². The largest absolute Gasteiger partial charge is 0.380 e. The minimum Gasteiger partial charge on any atom is -0.380 e. The summed E-state index contributed by atoms with van der Waals surface area (Å²) >= 11 is 9.35. The Bertz CT molecular complexity index is 511. The van der Waals surface area contributed by atoms with Crippen LogP contribution in [0, 0.1) is 6.92 Å². The first kappa shape index (κ1) is 12.4. The molecule has 2 rings (SSSR count). The Morgan fingerprint density at radius 1 is 1.29 bits per heavy atom. The fourth-order valence-electron chi connectivity index (χ4n) is 1.43. The van der Waals surface area contributed by atoms with Crippen LogP contribution in [0.25, 0.3) is 0 Å². The van der Waals surface area contributed by atoms with Gasteiger partial charge in [-0.05, 0) is 52.7 Å². The lowest BCUT2D eigenvalue weighted by Crippen LogP contribution is -1.99. The third-order valence-electron chi connectivity index (χ3n) is 2.39. The Balaban J connectivity index is 2.02. The number of nitrogens with zero attached hydrogens (tertiary/aromatic N) is 1. The number of halogens is 2. The fourth-order valence-corrected chi connectivity index (χ4v) is 1.97. The van der Waals surface area contributed by atoms with E-state index >= 15 is 0 Å². The van der Waals surface area contributed by atoms with Gasteiger partial charge in [0.05, 0.1) is 16.9 Å². The van der Waals surface area contributed by atoms with Crippen molar-refractivity contribution in [2.45, 2.75) is 13.5 Å². The van der Waals surface area contributed by atoms with Crippen LogP contribution >= 0.6 is 27.5 Å². The molecule has 0 aliphatic heterocycles. The molecule has 0 radical (unpaired) electrons. The van der Waals surface area contributed by atoms with Gasteiger partial charge in [0, 0.05) is 16.7 Å². The standard InChI is InChI=1S/C13H12BrClN2/c1-9-2-4-11(8-16-9)17-7-10-3-5-13(15)12(14)6-10/h2-6,8,17H,7H2,1H3. The predicted molar refractivity (Wildman–Crippen MR) is 75.5 cm³/mol. The lowest BCUT2D eigenvalue weighted by Gasteiger charge is -2.07. The van der Waals surface area contributed by atoms with Gasteiger partial charge in [0.25, 0.3) is 0 Å². The first-order chi connectivity index (χ1) is 8.15. The van der Waals surface area contributed by atoms with Gasteiger partial charge in [-0.1, -0.05) is 17.7 Å². The quantitative estimate of drug-likeness (QED) is 0.907. The summed E-state index contributed by atoms with van der Waals surface area (Å²) in [6.45, 7) is 2.72. The van der Waals surface area contributed by atoms with Gasteiger partial charge in [0.1, 0.15) is 0 Å². The second kappa shape index (κ2) is 5.52. The van der Waals surface area contributed by atoms with E-state index in [0.717, 1.165) is 27.4 Å². The number of aromatic nitrogens is 1. The van der Waals surface area contributed by atoms with Crippen molar-refractivity contribution in [2.24, 2.45) is 0 Å². The van der Waals surface area contributed by atoms with Crippen molar-refractivity contribution in [3.05, 3.63) is 57.3 Å². The van der Waals surface area contributed by atoms with Gasteiger partial charge in [-0.2, -0.15) is 0 Å². The van der Waals surface area contributed by atoms with Crippen molar-refractivity contribution < 1.29 is 0 Å². The molecule has 4 heteroatoms. The molecule has 1 N–H and O–H groups in total. The number of anilines is 1. The van der Waals surface area contributed by atoms with Crippen molar-refractivity contribution in [2.75, 3.05) is 5.32 Å². The topological polar surface area (TPSA) is 24.9 Å². The van der Waals surface area contributed by atoms with Crippen molar-refractivity contribution in [3.63, 3.8) is 0 Å². The average molecular weight is 312 g/mol. The van der Waals surface area contributed by atoms with Crippen LogP contribution in [0.4, 0.5) is 5.69 Å². The van der Waals surface area contributed by atoms with E-state index in [4.69, 9.17) is 11.6 Å². The molecular formula is C13H12BrClN2. The molecule has 1 heterocycles. The van der Waals surface area contributed by atoms with Crippen LogP contribution in [0.5, 0.6) is 0 Å². The molecule has 17 heavy (non-hydrogen) atoms. The monoisotopic (exact) mass is 310 g/mol. The van der Waals surface area contributed by atoms with Crippen molar-refractivity contribution in [3.8, 4) is 0 Å². The number of aryl methyl sites for hydroxylation is 1. The van der Waals surface area contributed by atoms with Crippen molar-refractivity contribution in [1.29, 1.82) is 0 Å². The summed E-state index contributed by atoms with van der Waals surface area (Å²) in [4.78, 5) is 4.23. The lowest BCUT2D eigenvalue weighted by molar-refractivity contribution is 1.12. The number of nitrogens with one attached hydrogen (secondary N) is 1. The Kier molecular flexibility index (Phi) is 4.02. The van der Waals surface area contributed by atoms with Crippen LogP contribution in [0.1, 0.15) is 11.3 Å². The number of rotatable bonds is 3. The molecule has 0 fully saturated rings. The molecule has 0 aliphatic carbocycles. The minimum absolute atomic E-state index is 0.728. The number of hydrogen-bond donors (Lipinski definition) is 1. The summed E-state index contributed by atoms with van der Waals surface area (Å²) in [6, 6.07) is 9.90. The number of benzene rings is 1. The second-order valence-corrected chi connectivity index (χ2v) is 5.05. The summed E-state index contributed by atoms with van der Waals surface area (Å²) in [7, 11) is 0. The highest BCUT2D eigenvalue weighted by Gasteiger charge is 1.99. The van der Waals surface area contributed by atoms with Gasteiger partial charge in [-0.25, -0.2) is 0 Å². The first-order valence-corrected chi connectivity index (χ1v) is 6.43. The number of pyridine rings is 1. The van der Waals surface area contributed by atoms with Crippen LogP contribution in [0.15, 0.2) is 41.0 Å². The van der Waals surface area contributed by atoms with Gasteiger partial charge in [0.15, 0.2) is 0 Å². The molecule has 0 aliphatic rings. The molecule has 1 aromatic carbocycles.